The van der Waals surface area contributed by atoms with Gasteiger partial charge in [0.2, 0.25) is 5.88 Å². The smallest absolute Gasteiger partial charge is 0.242 e. The van der Waals surface area contributed by atoms with Gasteiger partial charge in [-0.1, -0.05) is 6.07 Å². The first kappa shape index (κ1) is 11.9. The molecule has 3 nitrogen and oxygen atoms in total. The van der Waals surface area contributed by atoms with Gasteiger partial charge in [0.15, 0.2) is 0 Å². The molecule has 2 aromatic rings. The van der Waals surface area contributed by atoms with Crippen molar-refractivity contribution in [2.45, 2.75) is 6.92 Å². The Labute approximate surface area is 107 Å². The summed E-state index contributed by atoms with van der Waals surface area (Å²) in [6.07, 6.45) is 1.57. The molecule has 0 amide bonds. The molecule has 5 heteroatoms. The lowest BCUT2D eigenvalue weighted by atomic mass is 10.2. The van der Waals surface area contributed by atoms with E-state index in [0.717, 1.165) is 4.47 Å². The van der Waals surface area contributed by atoms with E-state index in [1.54, 1.807) is 31.3 Å². The number of aromatic nitrogens is 1. The molecule has 0 fully saturated rings. The van der Waals surface area contributed by atoms with Crippen LogP contribution in [0.3, 0.4) is 0 Å². The molecule has 0 spiro atoms. The van der Waals surface area contributed by atoms with Crippen LogP contribution in [0.15, 0.2) is 34.9 Å². The molecule has 0 atom stereocenters. The van der Waals surface area contributed by atoms with E-state index in [4.69, 9.17) is 10.5 Å². The Kier molecular flexibility index (Phi) is 3.28. The first-order chi connectivity index (χ1) is 8.06. The van der Waals surface area contributed by atoms with Crippen LogP contribution in [0.4, 0.5) is 10.1 Å². The summed E-state index contributed by atoms with van der Waals surface area (Å²) in [5.41, 5.74) is 6.68. The fourth-order valence-corrected chi connectivity index (χ4v) is 1.63. The first-order valence-electron chi connectivity index (χ1n) is 4.91. The lowest BCUT2D eigenvalue weighted by molar-refractivity contribution is 0.460. The second-order valence-electron chi connectivity index (χ2n) is 3.56. The fraction of sp³-hybridized carbons (Fsp3) is 0.0833. The highest BCUT2D eigenvalue weighted by Gasteiger charge is 2.06. The quantitative estimate of drug-likeness (QED) is 0.920. The normalized spacial score (nSPS) is 10.3. The Balaban J connectivity index is 2.28. The minimum Gasteiger partial charge on any atom is -0.437 e. The zero-order chi connectivity index (χ0) is 12.4. The van der Waals surface area contributed by atoms with Gasteiger partial charge in [-0.25, -0.2) is 9.37 Å². The topological polar surface area (TPSA) is 48.1 Å². The summed E-state index contributed by atoms with van der Waals surface area (Å²) in [5, 5.41) is 0. The lowest BCUT2D eigenvalue weighted by Crippen LogP contribution is -1.95. The molecular weight excluding hydrogens is 287 g/mol. The zero-order valence-corrected chi connectivity index (χ0v) is 10.7. The van der Waals surface area contributed by atoms with Gasteiger partial charge in [0.25, 0.3) is 0 Å². The Hall–Kier alpha value is -1.62. The summed E-state index contributed by atoms with van der Waals surface area (Å²) in [6, 6.07) is 6.28. The van der Waals surface area contributed by atoms with Gasteiger partial charge in [-0.2, -0.15) is 0 Å². The summed E-state index contributed by atoms with van der Waals surface area (Å²) < 4.78 is 19.5. The summed E-state index contributed by atoms with van der Waals surface area (Å²) in [4.78, 5) is 4.01. The molecule has 2 N–H and O–H groups in total. The van der Waals surface area contributed by atoms with Gasteiger partial charge in [0.1, 0.15) is 11.6 Å². The maximum atomic E-state index is 13.3. The van der Waals surface area contributed by atoms with Crippen molar-refractivity contribution < 1.29 is 9.13 Å². The van der Waals surface area contributed by atoms with Crippen LogP contribution in [0.1, 0.15) is 5.56 Å². The molecule has 0 radical (unpaired) electrons. The SMILES string of the molecule is Cc1ccc(Oc2ncc(Br)cc2N)cc1F. The standard InChI is InChI=1S/C12H10BrFN2O/c1-7-2-3-9(5-10(7)14)17-12-11(15)4-8(13)6-16-12/h2-6H,15H2,1H3. The number of benzene rings is 1. The van der Waals surface area contributed by atoms with Crippen LogP contribution in [0, 0.1) is 12.7 Å². The average molecular weight is 297 g/mol. The van der Waals surface area contributed by atoms with Crippen molar-refractivity contribution in [3.05, 3.63) is 46.3 Å². The molecule has 0 aliphatic heterocycles. The summed E-state index contributed by atoms with van der Waals surface area (Å²) >= 11 is 3.24. The first-order valence-corrected chi connectivity index (χ1v) is 5.70. The molecule has 1 aromatic carbocycles. The van der Waals surface area contributed by atoms with Gasteiger partial charge in [-0.3, -0.25) is 0 Å². The van der Waals surface area contributed by atoms with E-state index < -0.39 is 0 Å². The molecule has 2 rings (SSSR count). The maximum Gasteiger partial charge on any atom is 0.242 e. The van der Waals surface area contributed by atoms with E-state index in [1.165, 1.54) is 6.07 Å². The van der Waals surface area contributed by atoms with Crippen molar-refractivity contribution in [1.82, 2.24) is 4.98 Å². The summed E-state index contributed by atoms with van der Waals surface area (Å²) in [6.45, 7) is 1.69. The minimum atomic E-state index is -0.321. The van der Waals surface area contributed by atoms with E-state index in [-0.39, 0.29) is 11.7 Å². The Morgan fingerprint density at radius 1 is 1.35 bits per heavy atom. The second-order valence-corrected chi connectivity index (χ2v) is 4.48. The molecule has 0 unspecified atom stereocenters. The van der Waals surface area contributed by atoms with Crippen LogP contribution in [-0.2, 0) is 0 Å². The predicted octanol–water partition coefficient (Wildman–Crippen LogP) is 3.67. The maximum absolute atomic E-state index is 13.3. The van der Waals surface area contributed by atoms with Crippen molar-refractivity contribution in [3.63, 3.8) is 0 Å². The van der Waals surface area contributed by atoms with Gasteiger partial charge in [0, 0.05) is 16.7 Å². The summed E-state index contributed by atoms with van der Waals surface area (Å²) in [5.74, 6) is 0.309. The second kappa shape index (κ2) is 4.71. The van der Waals surface area contributed by atoms with Crippen LogP contribution < -0.4 is 10.5 Å². The zero-order valence-electron chi connectivity index (χ0n) is 9.08. The van der Waals surface area contributed by atoms with Gasteiger partial charge in [0.05, 0.1) is 5.69 Å². The minimum absolute atomic E-state index is 0.261. The number of ether oxygens (including phenoxy) is 1. The molecule has 0 saturated heterocycles. The lowest BCUT2D eigenvalue weighted by Gasteiger charge is -2.08. The van der Waals surface area contributed by atoms with Crippen molar-refractivity contribution in [1.29, 1.82) is 0 Å². The van der Waals surface area contributed by atoms with Crippen LogP contribution in [-0.4, -0.2) is 4.98 Å². The van der Waals surface area contributed by atoms with Crippen molar-refractivity contribution in [2.75, 3.05) is 5.73 Å². The number of nitrogens with zero attached hydrogens (tertiary/aromatic N) is 1. The third kappa shape index (κ3) is 2.74. The Morgan fingerprint density at radius 2 is 2.12 bits per heavy atom. The highest BCUT2D eigenvalue weighted by molar-refractivity contribution is 9.10. The van der Waals surface area contributed by atoms with E-state index in [1.807, 2.05) is 0 Å². The number of pyridine rings is 1. The van der Waals surface area contributed by atoms with E-state index in [9.17, 15) is 4.39 Å². The molecule has 1 aromatic heterocycles. The highest BCUT2D eigenvalue weighted by atomic mass is 79.9. The third-order valence-corrected chi connectivity index (χ3v) is 2.64. The van der Waals surface area contributed by atoms with Crippen LogP contribution in [0.25, 0.3) is 0 Å². The van der Waals surface area contributed by atoms with E-state index in [2.05, 4.69) is 20.9 Å². The Bertz CT molecular complexity index is 560. The molecule has 1 heterocycles. The molecular formula is C12H10BrFN2O. The van der Waals surface area contributed by atoms with Gasteiger partial charge in [-0.15, -0.1) is 0 Å². The third-order valence-electron chi connectivity index (χ3n) is 2.20. The molecule has 0 bridgehead atoms. The number of hydrogen-bond donors (Lipinski definition) is 1. The van der Waals surface area contributed by atoms with Crippen LogP contribution >= 0.6 is 15.9 Å². The fourth-order valence-electron chi connectivity index (χ4n) is 1.28. The molecule has 0 saturated carbocycles. The largest absolute Gasteiger partial charge is 0.437 e. The van der Waals surface area contributed by atoms with E-state index in [0.29, 0.717) is 17.0 Å². The molecule has 0 aliphatic rings. The predicted molar refractivity (Wildman–Crippen MR) is 67.6 cm³/mol. The molecule has 88 valence electrons. The number of aryl methyl sites for hydroxylation is 1. The molecule has 0 aliphatic carbocycles. The number of halogens is 2. The monoisotopic (exact) mass is 296 g/mol. The average Bonchev–Trinajstić information content (AvgIpc) is 2.27. The highest BCUT2D eigenvalue weighted by Crippen LogP contribution is 2.27. The van der Waals surface area contributed by atoms with Crippen LogP contribution in [0.2, 0.25) is 0 Å². The molecule has 17 heavy (non-hydrogen) atoms. The van der Waals surface area contributed by atoms with E-state index >= 15 is 0 Å². The van der Waals surface area contributed by atoms with Gasteiger partial charge in [-0.05, 0) is 40.5 Å². The van der Waals surface area contributed by atoms with Crippen molar-refractivity contribution >= 4 is 21.6 Å². The van der Waals surface area contributed by atoms with Gasteiger partial charge >= 0.3 is 0 Å². The van der Waals surface area contributed by atoms with Crippen molar-refractivity contribution in [3.8, 4) is 11.6 Å². The number of nitrogen functional groups attached to an aromatic ring is 1. The van der Waals surface area contributed by atoms with Crippen LogP contribution in [0.5, 0.6) is 11.6 Å². The summed E-state index contributed by atoms with van der Waals surface area (Å²) in [7, 11) is 0. The number of nitrogens with two attached hydrogens (primary N) is 1. The Morgan fingerprint density at radius 3 is 2.76 bits per heavy atom. The van der Waals surface area contributed by atoms with Crippen molar-refractivity contribution in [2.24, 2.45) is 0 Å². The number of hydrogen-bond acceptors (Lipinski definition) is 3. The number of rotatable bonds is 2. The number of anilines is 1. The van der Waals surface area contributed by atoms with Gasteiger partial charge < -0.3 is 10.5 Å².